The molecule has 4 heteroatoms. The molecule has 0 aliphatic heterocycles. The molecule has 0 unspecified atom stereocenters. The van der Waals surface area contributed by atoms with E-state index < -0.39 is 0 Å². The average molecular weight is 266 g/mol. The topological polar surface area (TPSA) is 54.7 Å². The SMILES string of the molecule is Cc1nc(-c2cc(N)cc(Br)c2)[nH]c1C. The van der Waals surface area contributed by atoms with Crippen LogP contribution in [0.4, 0.5) is 5.69 Å². The van der Waals surface area contributed by atoms with Crippen LogP contribution in [0.5, 0.6) is 0 Å². The lowest BCUT2D eigenvalue weighted by molar-refractivity contribution is 1.22. The number of imidazole rings is 1. The molecule has 0 atom stereocenters. The molecule has 0 radical (unpaired) electrons. The zero-order valence-corrected chi connectivity index (χ0v) is 10.2. The van der Waals surface area contributed by atoms with Crippen molar-refractivity contribution in [1.82, 2.24) is 9.97 Å². The number of rotatable bonds is 1. The van der Waals surface area contributed by atoms with E-state index in [-0.39, 0.29) is 0 Å². The van der Waals surface area contributed by atoms with Gasteiger partial charge in [0.25, 0.3) is 0 Å². The van der Waals surface area contributed by atoms with E-state index in [1.54, 1.807) is 0 Å². The first-order chi connectivity index (χ1) is 7.06. The van der Waals surface area contributed by atoms with Gasteiger partial charge in [0.2, 0.25) is 0 Å². The molecule has 0 amide bonds. The van der Waals surface area contributed by atoms with E-state index in [4.69, 9.17) is 5.73 Å². The summed E-state index contributed by atoms with van der Waals surface area (Å²) < 4.78 is 0.962. The summed E-state index contributed by atoms with van der Waals surface area (Å²) >= 11 is 3.41. The van der Waals surface area contributed by atoms with Gasteiger partial charge < -0.3 is 10.7 Å². The maximum Gasteiger partial charge on any atom is 0.137 e. The lowest BCUT2D eigenvalue weighted by atomic mass is 10.2. The second-order valence-electron chi connectivity index (χ2n) is 3.57. The number of anilines is 1. The lowest BCUT2D eigenvalue weighted by Crippen LogP contribution is -1.87. The molecule has 1 heterocycles. The molecule has 0 fully saturated rings. The number of hydrogen-bond acceptors (Lipinski definition) is 2. The summed E-state index contributed by atoms with van der Waals surface area (Å²) in [5.41, 5.74) is 9.60. The highest BCUT2D eigenvalue weighted by atomic mass is 79.9. The summed E-state index contributed by atoms with van der Waals surface area (Å²) in [6, 6.07) is 5.77. The third kappa shape index (κ3) is 2.04. The van der Waals surface area contributed by atoms with E-state index in [2.05, 4.69) is 25.9 Å². The van der Waals surface area contributed by atoms with Crippen molar-refractivity contribution < 1.29 is 0 Å². The molecule has 2 aromatic rings. The normalized spacial score (nSPS) is 10.6. The van der Waals surface area contributed by atoms with Crippen molar-refractivity contribution in [2.45, 2.75) is 13.8 Å². The molecule has 3 nitrogen and oxygen atoms in total. The minimum Gasteiger partial charge on any atom is -0.399 e. The van der Waals surface area contributed by atoms with Crippen molar-refractivity contribution in [3.05, 3.63) is 34.1 Å². The first kappa shape index (κ1) is 10.2. The van der Waals surface area contributed by atoms with Crippen molar-refractivity contribution in [3.8, 4) is 11.4 Å². The van der Waals surface area contributed by atoms with Crippen molar-refractivity contribution in [2.24, 2.45) is 0 Å². The number of aryl methyl sites for hydroxylation is 2. The minimum atomic E-state index is 0.728. The Morgan fingerprint density at radius 3 is 2.53 bits per heavy atom. The molecule has 2 rings (SSSR count). The van der Waals surface area contributed by atoms with Crippen LogP contribution in [0.1, 0.15) is 11.4 Å². The zero-order valence-electron chi connectivity index (χ0n) is 8.63. The Morgan fingerprint density at radius 1 is 1.27 bits per heavy atom. The Kier molecular flexibility index (Phi) is 2.52. The average Bonchev–Trinajstić information content (AvgIpc) is 2.45. The number of nitrogen functional groups attached to an aromatic ring is 1. The number of nitrogens with one attached hydrogen (secondary N) is 1. The molecular weight excluding hydrogens is 254 g/mol. The largest absolute Gasteiger partial charge is 0.399 e. The number of nitrogens with zero attached hydrogens (tertiary/aromatic N) is 1. The van der Waals surface area contributed by atoms with Gasteiger partial charge in [0.05, 0.1) is 5.69 Å². The quantitative estimate of drug-likeness (QED) is 0.779. The highest BCUT2D eigenvalue weighted by Gasteiger charge is 2.06. The highest BCUT2D eigenvalue weighted by Crippen LogP contribution is 2.24. The number of aromatic amines is 1. The van der Waals surface area contributed by atoms with Gasteiger partial charge in [0.1, 0.15) is 5.82 Å². The number of H-pyrrole nitrogens is 1. The van der Waals surface area contributed by atoms with E-state index in [1.165, 1.54) is 0 Å². The standard InChI is InChI=1S/C11H12BrN3/c1-6-7(2)15-11(14-6)8-3-9(12)5-10(13)4-8/h3-5H,13H2,1-2H3,(H,14,15). The Morgan fingerprint density at radius 2 is 2.00 bits per heavy atom. The van der Waals surface area contributed by atoms with Gasteiger partial charge in [-0.3, -0.25) is 0 Å². The monoisotopic (exact) mass is 265 g/mol. The summed E-state index contributed by atoms with van der Waals surface area (Å²) in [5.74, 6) is 0.859. The van der Waals surface area contributed by atoms with Crippen LogP contribution in [0.15, 0.2) is 22.7 Å². The van der Waals surface area contributed by atoms with E-state index in [1.807, 2.05) is 32.0 Å². The number of benzene rings is 1. The molecular formula is C11H12BrN3. The van der Waals surface area contributed by atoms with Crippen molar-refractivity contribution in [2.75, 3.05) is 5.73 Å². The van der Waals surface area contributed by atoms with Crippen molar-refractivity contribution >= 4 is 21.6 Å². The smallest absolute Gasteiger partial charge is 0.137 e. The summed E-state index contributed by atoms with van der Waals surface area (Å²) in [4.78, 5) is 7.66. The van der Waals surface area contributed by atoms with E-state index in [9.17, 15) is 0 Å². The van der Waals surface area contributed by atoms with Gasteiger partial charge in [-0.05, 0) is 32.0 Å². The molecule has 1 aromatic carbocycles. The highest BCUT2D eigenvalue weighted by molar-refractivity contribution is 9.10. The van der Waals surface area contributed by atoms with Crippen LogP contribution in [0.25, 0.3) is 11.4 Å². The fraction of sp³-hybridized carbons (Fsp3) is 0.182. The molecule has 0 aliphatic carbocycles. The third-order valence-electron chi connectivity index (χ3n) is 2.32. The van der Waals surface area contributed by atoms with E-state index >= 15 is 0 Å². The van der Waals surface area contributed by atoms with Gasteiger partial charge in [0.15, 0.2) is 0 Å². The Balaban J connectivity index is 2.53. The van der Waals surface area contributed by atoms with Gasteiger partial charge in [0, 0.05) is 21.4 Å². The summed E-state index contributed by atoms with van der Waals surface area (Å²) in [7, 11) is 0. The molecule has 0 spiro atoms. The van der Waals surface area contributed by atoms with E-state index in [0.29, 0.717) is 0 Å². The van der Waals surface area contributed by atoms with Crippen LogP contribution < -0.4 is 5.73 Å². The second-order valence-corrected chi connectivity index (χ2v) is 4.48. The van der Waals surface area contributed by atoms with Gasteiger partial charge in [-0.1, -0.05) is 15.9 Å². The van der Waals surface area contributed by atoms with Crippen molar-refractivity contribution in [1.29, 1.82) is 0 Å². The minimum absolute atomic E-state index is 0.728. The lowest BCUT2D eigenvalue weighted by Gasteiger charge is -2.00. The van der Waals surface area contributed by atoms with E-state index in [0.717, 1.165) is 32.9 Å². The van der Waals surface area contributed by atoms with Crippen LogP contribution in [0, 0.1) is 13.8 Å². The second kappa shape index (κ2) is 3.70. The van der Waals surface area contributed by atoms with Gasteiger partial charge in [-0.25, -0.2) is 4.98 Å². The molecule has 1 aromatic heterocycles. The maximum absolute atomic E-state index is 5.77. The molecule has 0 aliphatic rings. The predicted molar refractivity (Wildman–Crippen MR) is 65.6 cm³/mol. The fourth-order valence-electron chi connectivity index (χ4n) is 1.43. The molecule has 15 heavy (non-hydrogen) atoms. The van der Waals surface area contributed by atoms with Crippen LogP contribution in [-0.4, -0.2) is 9.97 Å². The molecule has 0 saturated carbocycles. The summed E-state index contributed by atoms with van der Waals surface area (Å²) in [6.07, 6.45) is 0. The third-order valence-corrected chi connectivity index (χ3v) is 2.78. The Bertz CT molecular complexity index is 463. The van der Waals surface area contributed by atoms with Gasteiger partial charge in [-0.15, -0.1) is 0 Å². The molecule has 78 valence electrons. The number of hydrogen-bond donors (Lipinski definition) is 2. The first-order valence-corrected chi connectivity index (χ1v) is 5.45. The molecule has 3 N–H and O–H groups in total. The zero-order chi connectivity index (χ0) is 11.0. The van der Waals surface area contributed by atoms with Crippen LogP contribution in [0.3, 0.4) is 0 Å². The van der Waals surface area contributed by atoms with Crippen LogP contribution >= 0.6 is 15.9 Å². The summed E-state index contributed by atoms with van der Waals surface area (Å²) in [5, 5.41) is 0. The first-order valence-electron chi connectivity index (χ1n) is 4.66. The molecule has 0 saturated heterocycles. The van der Waals surface area contributed by atoms with Crippen molar-refractivity contribution in [3.63, 3.8) is 0 Å². The maximum atomic E-state index is 5.77. The van der Waals surface area contributed by atoms with Gasteiger partial charge >= 0.3 is 0 Å². The van der Waals surface area contributed by atoms with Crippen LogP contribution in [0.2, 0.25) is 0 Å². The number of halogens is 1. The fourth-order valence-corrected chi connectivity index (χ4v) is 1.94. The Labute approximate surface area is 96.9 Å². The van der Waals surface area contributed by atoms with Crippen LogP contribution in [-0.2, 0) is 0 Å². The number of aromatic nitrogens is 2. The Hall–Kier alpha value is -1.29. The summed E-state index contributed by atoms with van der Waals surface area (Å²) in [6.45, 7) is 3.99. The number of nitrogens with two attached hydrogens (primary N) is 1. The van der Waals surface area contributed by atoms with Gasteiger partial charge in [-0.2, -0.15) is 0 Å². The predicted octanol–water partition coefficient (Wildman–Crippen LogP) is 3.04. The molecule has 0 bridgehead atoms.